The van der Waals surface area contributed by atoms with E-state index in [0.29, 0.717) is 4.99 Å². The summed E-state index contributed by atoms with van der Waals surface area (Å²) in [7, 11) is 0. The molecule has 13 heavy (non-hydrogen) atoms. The third kappa shape index (κ3) is 4.05. The first-order chi connectivity index (χ1) is 6.22. The molecule has 0 amide bonds. The van der Waals surface area contributed by atoms with E-state index in [0.717, 1.165) is 18.9 Å². The first kappa shape index (κ1) is 10.9. The summed E-state index contributed by atoms with van der Waals surface area (Å²) in [5.74, 6) is 0.959. The number of hydrogen-bond donors (Lipinski definition) is 1. The molecule has 3 heteroatoms. The lowest BCUT2D eigenvalue weighted by Gasteiger charge is -2.31. The Bertz CT molecular complexity index is 162. The Morgan fingerprint density at radius 3 is 2.54 bits per heavy atom. The van der Waals surface area contributed by atoms with Crippen molar-refractivity contribution in [2.75, 3.05) is 19.6 Å². The van der Waals surface area contributed by atoms with Gasteiger partial charge in [-0.15, -0.1) is 0 Å². The van der Waals surface area contributed by atoms with Crippen LogP contribution in [-0.4, -0.2) is 29.5 Å². The summed E-state index contributed by atoms with van der Waals surface area (Å²) in [5, 5.41) is 0. The topological polar surface area (TPSA) is 29.3 Å². The van der Waals surface area contributed by atoms with Crippen LogP contribution >= 0.6 is 12.2 Å². The maximum absolute atomic E-state index is 5.47. The molecule has 0 aromatic heterocycles. The van der Waals surface area contributed by atoms with Crippen molar-refractivity contribution in [3.63, 3.8) is 0 Å². The summed E-state index contributed by atoms with van der Waals surface area (Å²) < 4.78 is 0. The van der Waals surface area contributed by atoms with Crippen LogP contribution < -0.4 is 5.73 Å². The van der Waals surface area contributed by atoms with Crippen molar-refractivity contribution < 1.29 is 0 Å². The number of rotatable bonds is 4. The highest BCUT2D eigenvalue weighted by molar-refractivity contribution is 7.80. The Morgan fingerprint density at radius 2 is 2.08 bits per heavy atom. The van der Waals surface area contributed by atoms with Crippen molar-refractivity contribution in [1.29, 1.82) is 0 Å². The van der Waals surface area contributed by atoms with Gasteiger partial charge in [-0.1, -0.05) is 25.6 Å². The minimum atomic E-state index is 0.651. The highest BCUT2D eigenvalue weighted by Crippen LogP contribution is 2.19. The van der Waals surface area contributed by atoms with Crippen LogP contribution in [0.5, 0.6) is 0 Å². The van der Waals surface area contributed by atoms with Gasteiger partial charge in [-0.2, -0.15) is 0 Å². The average molecular weight is 200 g/mol. The molecule has 1 rings (SSSR count). The van der Waals surface area contributed by atoms with Gasteiger partial charge in [0.25, 0.3) is 0 Å². The number of nitrogens with two attached hydrogens (primary N) is 1. The van der Waals surface area contributed by atoms with Crippen LogP contribution in [0.15, 0.2) is 0 Å². The molecule has 76 valence electrons. The van der Waals surface area contributed by atoms with Gasteiger partial charge in [-0.05, 0) is 31.8 Å². The molecule has 1 fully saturated rings. The highest BCUT2D eigenvalue weighted by atomic mass is 32.1. The molecule has 1 saturated heterocycles. The van der Waals surface area contributed by atoms with E-state index in [2.05, 4.69) is 11.8 Å². The largest absolute Gasteiger partial charge is 0.393 e. The van der Waals surface area contributed by atoms with Crippen LogP contribution in [0.2, 0.25) is 0 Å². The zero-order chi connectivity index (χ0) is 9.68. The molecule has 0 radical (unpaired) electrons. The SMILES string of the molecule is CCC1CCN(CCC(N)=S)CC1. The summed E-state index contributed by atoms with van der Waals surface area (Å²) in [6, 6.07) is 0. The van der Waals surface area contributed by atoms with Gasteiger partial charge < -0.3 is 10.6 Å². The summed E-state index contributed by atoms with van der Waals surface area (Å²) in [6.45, 7) is 5.82. The predicted molar refractivity (Wildman–Crippen MR) is 60.9 cm³/mol. The number of thiocarbonyl (C=S) groups is 1. The molecule has 0 aliphatic carbocycles. The number of piperidine rings is 1. The fourth-order valence-electron chi connectivity index (χ4n) is 1.89. The van der Waals surface area contributed by atoms with Crippen molar-refractivity contribution >= 4 is 17.2 Å². The molecule has 2 N–H and O–H groups in total. The fourth-order valence-corrected chi connectivity index (χ4v) is 1.98. The van der Waals surface area contributed by atoms with Crippen molar-refractivity contribution in [2.24, 2.45) is 11.7 Å². The van der Waals surface area contributed by atoms with Crippen LogP contribution in [0, 0.1) is 5.92 Å². The predicted octanol–water partition coefficient (Wildman–Crippen LogP) is 1.78. The summed E-state index contributed by atoms with van der Waals surface area (Å²) >= 11 is 4.86. The van der Waals surface area contributed by atoms with Gasteiger partial charge >= 0.3 is 0 Å². The van der Waals surface area contributed by atoms with Crippen LogP contribution in [0.1, 0.15) is 32.6 Å². The molecule has 1 aliphatic heterocycles. The van der Waals surface area contributed by atoms with Gasteiger partial charge in [-0.3, -0.25) is 0 Å². The van der Waals surface area contributed by atoms with Crippen molar-refractivity contribution in [2.45, 2.75) is 32.6 Å². The maximum atomic E-state index is 5.47. The number of hydrogen-bond acceptors (Lipinski definition) is 2. The molecular weight excluding hydrogens is 180 g/mol. The van der Waals surface area contributed by atoms with E-state index >= 15 is 0 Å². The monoisotopic (exact) mass is 200 g/mol. The molecule has 0 aromatic rings. The average Bonchev–Trinajstić information content (AvgIpc) is 2.15. The minimum Gasteiger partial charge on any atom is -0.393 e. The van der Waals surface area contributed by atoms with Gasteiger partial charge in [0.05, 0.1) is 4.99 Å². The molecule has 2 nitrogen and oxygen atoms in total. The standard InChI is InChI=1S/C10H20N2S/c1-2-9-3-6-12(7-4-9)8-5-10(11)13/h9H,2-8H2,1H3,(H2,11,13). The molecule has 0 aromatic carbocycles. The van der Waals surface area contributed by atoms with E-state index in [-0.39, 0.29) is 0 Å². The van der Waals surface area contributed by atoms with Crippen molar-refractivity contribution in [1.82, 2.24) is 4.90 Å². The molecule has 0 unspecified atom stereocenters. The van der Waals surface area contributed by atoms with Gasteiger partial charge in [0.1, 0.15) is 0 Å². The van der Waals surface area contributed by atoms with Gasteiger partial charge in [0, 0.05) is 13.0 Å². The first-order valence-corrected chi connectivity index (χ1v) is 5.64. The van der Waals surface area contributed by atoms with Gasteiger partial charge in [-0.25, -0.2) is 0 Å². The quantitative estimate of drug-likeness (QED) is 0.702. The Kier molecular flexibility index (Phi) is 4.67. The van der Waals surface area contributed by atoms with Crippen LogP contribution in [0.25, 0.3) is 0 Å². The molecule has 1 heterocycles. The van der Waals surface area contributed by atoms with E-state index in [1.807, 2.05) is 0 Å². The molecule has 0 bridgehead atoms. The van der Waals surface area contributed by atoms with Crippen LogP contribution in [-0.2, 0) is 0 Å². The van der Waals surface area contributed by atoms with Gasteiger partial charge in [0.2, 0.25) is 0 Å². The zero-order valence-electron chi connectivity index (χ0n) is 8.46. The van der Waals surface area contributed by atoms with E-state index in [4.69, 9.17) is 18.0 Å². The van der Waals surface area contributed by atoms with Crippen molar-refractivity contribution in [3.05, 3.63) is 0 Å². The number of likely N-dealkylation sites (tertiary alicyclic amines) is 1. The Morgan fingerprint density at radius 1 is 1.46 bits per heavy atom. The molecule has 0 atom stereocenters. The van der Waals surface area contributed by atoms with E-state index in [1.54, 1.807) is 0 Å². The van der Waals surface area contributed by atoms with E-state index < -0.39 is 0 Å². The minimum absolute atomic E-state index is 0.651. The second-order valence-electron chi connectivity index (χ2n) is 3.91. The lowest BCUT2D eigenvalue weighted by molar-refractivity contribution is 0.186. The normalized spacial score (nSPS) is 20.4. The second-order valence-corrected chi connectivity index (χ2v) is 4.43. The van der Waals surface area contributed by atoms with E-state index in [9.17, 15) is 0 Å². The summed E-state index contributed by atoms with van der Waals surface area (Å²) in [4.78, 5) is 3.13. The summed E-state index contributed by atoms with van der Waals surface area (Å²) in [5.41, 5.74) is 5.47. The molecular formula is C10H20N2S. The van der Waals surface area contributed by atoms with Gasteiger partial charge in [0.15, 0.2) is 0 Å². The Balaban J connectivity index is 2.14. The Hall–Kier alpha value is -0.150. The van der Waals surface area contributed by atoms with Crippen LogP contribution in [0.4, 0.5) is 0 Å². The fraction of sp³-hybridized carbons (Fsp3) is 0.900. The molecule has 0 saturated carbocycles. The molecule has 1 aliphatic rings. The zero-order valence-corrected chi connectivity index (χ0v) is 9.28. The lowest BCUT2D eigenvalue weighted by Crippen LogP contribution is -2.35. The summed E-state index contributed by atoms with van der Waals surface area (Å²) in [6.07, 6.45) is 4.93. The van der Waals surface area contributed by atoms with Crippen LogP contribution in [0.3, 0.4) is 0 Å². The lowest BCUT2D eigenvalue weighted by atomic mass is 9.94. The Labute approximate surface area is 86.5 Å². The smallest absolute Gasteiger partial charge is 0.0740 e. The van der Waals surface area contributed by atoms with E-state index in [1.165, 1.54) is 32.4 Å². The third-order valence-corrected chi connectivity index (χ3v) is 3.16. The third-order valence-electron chi connectivity index (χ3n) is 2.96. The number of nitrogens with zero attached hydrogens (tertiary/aromatic N) is 1. The second kappa shape index (κ2) is 5.55. The first-order valence-electron chi connectivity index (χ1n) is 5.23. The maximum Gasteiger partial charge on any atom is 0.0740 e. The molecule has 0 spiro atoms. The highest BCUT2D eigenvalue weighted by Gasteiger charge is 2.16. The van der Waals surface area contributed by atoms with Crippen molar-refractivity contribution in [3.8, 4) is 0 Å².